The Morgan fingerprint density at radius 3 is 2.72 bits per heavy atom. The number of fused-ring (bicyclic) bond motifs is 3. The van der Waals surface area contributed by atoms with Crippen molar-refractivity contribution < 1.29 is 4.79 Å². The monoisotopic (exact) mass is 514 g/mol. The number of amides is 1. The van der Waals surface area contributed by atoms with E-state index in [2.05, 4.69) is 10.5 Å². The second-order valence-electron chi connectivity index (χ2n) is 8.63. The fourth-order valence-corrected chi connectivity index (χ4v) is 6.35. The van der Waals surface area contributed by atoms with Crippen LogP contribution >= 0.6 is 23.1 Å². The highest BCUT2D eigenvalue weighted by Crippen LogP contribution is 2.35. The van der Waals surface area contributed by atoms with Crippen molar-refractivity contribution in [3.63, 3.8) is 0 Å². The van der Waals surface area contributed by atoms with E-state index in [-0.39, 0.29) is 17.2 Å². The third-order valence-electron chi connectivity index (χ3n) is 6.02. The van der Waals surface area contributed by atoms with Crippen LogP contribution in [0.1, 0.15) is 34.4 Å². The Bertz CT molecular complexity index is 1500. The summed E-state index contributed by atoms with van der Waals surface area (Å²) in [5.41, 5.74) is 6.56. The first-order valence-electron chi connectivity index (χ1n) is 11.9. The maximum absolute atomic E-state index is 13.8. The molecule has 1 N–H and O–H groups in total. The molecule has 0 atom stereocenters. The van der Waals surface area contributed by atoms with Crippen LogP contribution in [-0.2, 0) is 17.6 Å². The van der Waals surface area contributed by atoms with Gasteiger partial charge in [0.25, 0.3) is 11.5 Å². The van der Waals surface area contributed by atoms with Crippen LogP contribution in [0.4, 0.5) is 0 Å². The van der Waals surface area contributed by atoms with Gasteiger partial charge in [0.15, 0.2) is 5.16 Å². The van der Waals surface area contributed by atoms with Crippen LogP contribution in [0.2, 0.25) is 0 Å². The van der Waals surface area contributed by atoms with E-state index in [1.54, 1.807) is 22.0 Å². The molecule has 0 radical (unpaired) electrons. The van der Waals surface area contributed by atoms with Gasteiger partial charge in [0, 0.05) is 11.1 Å². The number of hydrazone groups is 1. The number of hydrogen-bond acceptors (Lipinski definition) is 6. The molecule has 5 rings (SSSR count). The first-order valence-corrected chi connectivity index (χ1v) is 13.7. The van der Waals surface area contributed by atoms with Crippen LogP contribution in [0, 0.1) is 6.92 Å². The standard InChI is InChI=1S/C28H26N4O2S2/c1-19-13-15-21(16-14-19)32-27(34)25-22-11-5-6-12-23(22)36-26(25)30-28(32)35-18-24(33)31-29-17-7-10-20-8-3-2-4-9-20/h2-4,7-10,13-17H,5-6,11-12,18H2,1H3,(H,31,33)/b10-7+,29-17+. The summed E-state index contributed by atoms with van der Waals surface area (Å²) in [4.78, 5) is 33.1. The molecule has 8 heteroatoms. The summed E-state index contributed by atoms with van der Waals surface area (Å²) in [5, 5.41) is 5.24. The Morgan fingerprint density at radius 1 is 1.14 bits per heavy atom. The van der Waals surface area contributed by atoms with Crippen LogP contribution in [0.25, 0.3) is 22.0 Å². The highest BCUT2D eigenvalue weighted by molar-refractivity contribution is 7.99. The molecular weight excluding hydrogens is 488 g/mol. The highest BCUT2D eigenvalue weighted by Gasteiger charge is 2.23. The minimum atomic E-state index is -0.264. The molecule has 1 aliphatic rings. The van der Waals surface area contributed by atoms with Crippen LogP contribution in [0.3, 0.4) is 0 Å². The summed E-state index contributed by atoms with van der Waals surface area (Å²) in [6, 6.07) is 17.7. The van der Waals surface area contributed by atoms with E-state index in [1.165, 1.54) is 22.9 Å². The van der Waals surface area contributed by atoms with Gasteiger partial charge in [-0.15, -0.1) is 11.3 Å². The molecule has 182 valence electrons. The van der Waals surface area contributed by atoms with Crippen molar-refractivity contribution in [3.8, 4) is 5.69 Å². The number of aromatic nitrogens is 2. The lowest BCUT2D eigenvalue weighted by Crippen LogP contribution is -2.24. The molecule has 2 heterocycles. The van der Waals surface area contributed by atoms with Gasteiger partial charge in [-0.2, -0.15) is 5.10 Å². The predicted molar refractivity (Wildman–Crippen MR) is 149 cm³/mol. The minimum absolute atomic E-state index is 0.0600. The van der Waals surface area contributed by atoms with Crippen LogP contribution in [0.15, 0.2) is 75.7 Å². The number of nitrogens with zero attached hydrogens (tertiary/aromatic N) is 3. The Balaban J connectivity index is 1.37. The number of rotatable bonds is 7. The zero-order chi connectivity index (χ0) is 24.9. The summed E-state index contributed by atoms with van der Waals surface area (Å²) in [5.74, 6) is -0.172. The number of allylic oxidation sites excluding steroid dienone is 1. The first kappa shape index (κ1) is 24.2. The van der Waals surface area contributed by atoms with E-state index >= 15 is 0 Å². The second-order valence-corrected chi connectivity index (χ2v) is 10.7. The molecule has 0 fully saturated rings. The van der Waals surface area contributed by atoms with Crippen molar-refractivity contribution in [3.05, 3.63) is 92.6 Å². The van der Waals surface area contributed by atoms with E-state index in [1.807, 2.05) is 67.6 Å². The number of thiophene rings is 1. The van der Waals surface area contributed by atoms with E-state index in [0.717, 1.165) is 58.3 Å². The Labute approximate surface area is 217 Å². The molecule has 4 aromatic rings. The third-order valence-corrected chi connectivity index (χ3v) is 8.15. The van der Waals surface area contributed by atoms with Crippen LogP contribution < -0.4 is 11.0 Å². The Hall–Kier alpha value is -3.49. The molecule has 1 amide bonds. The van der Waals surface area contributed by atoms with Gasteiger partial charge in [0.05, 0.1) is 16.8 Å². The molecular formula is C28H26N4O2S2. The van der Waals surface area contributed by atoms with E-state index < -0.39 is 0 Å². The van der Waals surface area contributed by atoms with Gasteiger partial charge in [-0.25, -0.2) is 10.4 Å². The number of aryl methyl sites for hydroxylation is 3. The van der Waals surface area contributed by atoms with Crippen molar-refractivity contribution in [2.45, 2.75) is 37.8 Å². The van der Waals surface area contributed by atoms with Gasteiger partial charge in [-0.1, -0.05) is 65.9 Å². The van der Waals surface area contributed by atoms with Crippen molar-refractivity contribution in [2.75, 3.05) is 5.75 Å². The summed E-state index contributed by atoms with van der Waals surface area (Å²) in [6.45, 7) is 2.01. The molecule has 36 heavy (non-hydrogen) atoms. The van der Waals surface area contributed by atoms with Crippen molar-refractivity contribution in [1.29, 1.82) is 0 Å². The number of carbonyl (C=O) groups is 1. The SMILES string of the molecule is Cc1ccc(-n2c(SCC(=O)N/N=C/C=C/c3ccccc3)nc3sc4c(c3c2=O)CCCC4)cc1. The maximum Gasteiger partial charge on any atom is 0.267 e. The van der Waals surface area contributed by atoms with Gasteiger partial charge in [0.2, 0.25) is 0 Å². The normalized spacial score (nSPS) is 13.5. The Kier molecular flexibility index (Phi) is 7.44. The number of nitrogens with one attached hydrogen (secondary N) is 1. The summed E-state index contributed by atoms with van der Waals surface area (Å²) >= 11 is 2.86. The zero-order valence-electron chi connectivity index (χ0n) is 19.9. The van der Waals surface area contributed by atoms with Gasteiger partial charge < -0.3 is 0 Å². The lowest BCUT2D eigenvalue weighted by molar-refractivity contribution is -0.118. The predicted octanol–water partition coefficient (Wildman–Crippen LogP) is 5.54. The average Bonchev–Trinajstić information content (AvgIpc) is 3.27. The quantitative estimate of drug-likeness (QED) is 0.152. The summed E-state index contributed by atoms with van der Waals surface area (Å²) in [7, 11) is 0. The second kappa shape index (κ2) is 11.1. The van der Waals surface area contributed by atoms with E-state index in [9.17, 15) is 9.59 Å². The van der Waals surface area contributed by atoms with Crippen molar-refractivity contribution in [2.24, 2.45) is 5.10 Å². The summed E-state index contributed by atoms with van der Waals surface area (Å²) in [6.07, 6.45) is 9.39. The fourth-order valence-electron chi connectivity index (χ4n) is 4.24. The largest absolute Gasteiger partial charge is 0.272 e. The van der Waals surface area contributed by atoms with Crippen LogP contribution in [0.5, 0.6) is 0 Å². The van der Waals surface area contributed by atoms with Gasteiger partial charge in [0.1, 0.15) is 4.83 Å². The molecule has 2 aromatic heterocycles. The molecule has 2 aromatic carbocycles. The number of carbonyl (C=O) groups excluding carboxylic acids is 1. The van der Waals surface area contributed by atoms with Gasteiger partial charge in [-0.3, -0.25) is 14.2 Å². The Morgan fingerprint density at radius 2 is 1.92 bits per heavy atom. The number of benzene rings is 2. The van der Waals surface area contributed by atoms with Crippen molar-refractivity contribution in [1.82, 2.24) is 15.0 Å². The molecule has 0 aliphatic heterocycles. The average molecular weight is 515 g/mol. The molecule has 0 unspecified atom stereocenters. The topological polar surface area (TPSA) is 76.3 Å². The molecule has 0 saturated carbocycles. The molecule has 0 bridgehead atoms. The van der Waals surface area contributed by atoms with E-state index in [4.69, 9.17) is 4.98 Å². The van der Waals surface area contributed by atoms with Gasteiger partial charge in [-0.05, 0) is 61.9 Å². The maximum atomic E-state index is 13.8. The van der Waals surface area contributed by atoms with Crippen LogP contribution in [-0.4, -0.2) is 27.4 Å². The van der Waals surface area contributed by atoms with Crippen molar-refractivity contribution >= 4 is 51.5 Å². The number of hydrogen-bond donors (Lipinski definition) is 1. The highest BCUT2D eigenvalue weighted by atomic mass is 32.2. The molecule has 1 aliphatic carbocycles. The van der Waals surface area contributed by atoms with Gasteiger partial charge >= 0.3 is 0 Å². The van der Waals surface area contributed by atoms with E-state index in [0.29, 0.717) is 5.16 Å². The zero-order valence-corrected chi connectivity index (χ0v) is 21.6. The summed E-state index contributed by atoms with van der Waals surface area (Å²) < 4.78 is 1.65. The molecule has 6 nitrogen and oxygen atoms in total. The molecule has 0 spiro atoms. The smallest absolute Gasteiger partial charge is 0.267 e. The fraction of sp³-hybridized carbons (Fsp3) is 0.214. The third kappa shape index (κ3) is 5.34. The molecule has 0 saturated heterocycles. The lowest BCUT2D eigenvalue weighted by Gasteiger charge is -2.13. The first-order chi connectivity index (χ1) is 17.6. The number of thioether (sulfide) groups is 1. The minimum Gasteiger partial charge on any atom is -0.272 e. The lowest BCUT2D eigenvalue weighted by atomic mass is 9.97.